The van der Waals surface area contributed by atoms with Gasteiger partial charge in [-0.05, 0) is 12.8 Å². The Morgan fingerprint density at radius 2 is 2.32 bits per heavy atom. The van der Waals surface area contributed by atoms with E-state index >= 15 is 0 Å². The third-order valence-corrected chi connectivity index (χ3v) is 5.88. The topological polar surface area (TPSA) is 61.8 Å². The predicted molar refractivity (Wildman–Crippen MR) is 71.3 cm³/mol. The fourth-order valence-electron chi connectivity index (χ4n) is 2.72. The Bertz CT molecular complexity index is 351. The lowest BCUT2D eigenvalue weighted by Gasteiger charge is -2.36. The molecule has 0 bridgehead atoms. The summed E-state index contributed by atoms with van der Waals surface area (Å²) < 4.78 is 28.3. The van der Waals surface area contributed by atoms with E-state index in [1.807, 2.05) is 0 Å². The van der Waals surface area contributed by atoms with E-state index in [-0.39, 0.29) is 22.7 Å². The normalized spacial score (nSPS) is 34.1. The molecule has 0 aromatic carbocycles. The van der Waals surface area contributed by atoms with Crippen molar-refractivity contribution in [2.75, 3.05) is 32.7 Å². The fraction of sp³-hybridized carbons (Fsp3) is 0.923. The van der Waals surface area contributed by atoms with Gasteiger partial charge in [0.15, 0.2) is 0 Å². The van der Waals surface area contributed by atoms with Crippen LogP contribution in [0.3, 0.4) is 0 Å². The summed E-state index contributed by atoms with van der Waals surface area (Å²) in [7, 11) is 0.345. The molecule has 0 N–H and O–H groups in total. The molecule has 1 spiro atoms. The summed E-state index contributed by atoms with van der Waals surface area (Å²) in [5.41, 5.74) is -0.229. The Labute approximate surface area is 116 Å². The molecular weight excluding hydrogens is 268 g/mol. The van der Waals surface area contributed by atoms with Gasteiger partial charge in [0.1, 0.15) is 0 Å². The van der Waals surface area contributed by atoms with Crippen LogP contribution in [0, 0.1) is 5.92 Å². The lowest BCUT2D eigenvalue weighted by Crippen LogP contribution is -2.44. The molecule has 6 heteroatoms. The van der Waals surface area contributed by atoms with Gasteiger partial charge in [-0.15, -0.1) is 0 Å². The Hall–Kier alpha value is -0.460. The van der Waals surface area contributed by atoms with E-state index in [2.05, 4.69) is 4.74 Å². The molecule has 2 rings (SSSR count). The molecule has 19 heavy (non-hydrogen) atoms. The third kappa shape index (κ3) is 3.55. The van der Waals surface area contributed by atoms with E-state index < -0.39 is 10.8 Å². The van der Waals surface area contributed by atoms with Gasteiger partial charge < -0.3 is 14.2 Å². The average Bonchev–Trinajstić information content (AvgIpc) is 2.85. The first-order chi connectivity index (χ1) is 9.06. The highest BCUT2D eigenvalue weighted by molar-refractivity contribution is 7.85. The van der Waals surface area contributed by atoms with E-state index in [1.165, 1.54) is 7.11 Å². The van der Waals surface area contributed by atoms with Crippen molar-refractivity contribution in [3.05, 3.63) is 0 Å². The van der Waals surface area contributed by atoms with Crippen LogP contribution in [0.5, 0.6) is 0 Å². The molecule has 2 saturated heterocycles. The molecule has 2 aliphatic rings. The molecule has 4 atom stereocenters. The van der Waals surface area contributed by atoms with E-state index in [4.69, 9.17) is 9.47 Å². The highest BCUT2D eigenvalue weighted by Crippen LogP contribution is 2.35. The van der Waals surface area contributed by atoms with Crippen LogP contribution >= 0.6 is 0 Å². The largest absolute Gasteiger partial charge is 0.469 e. The first-order valence-electron chi connectivity index (χ1n) is 6.73. The number of carbonyl (C=O) groups is 1. The summed E-state index contributed by atoms with van der Waals surface area (Å²) in [6.07, 6.45) is 2.45. The van der Waals surface area contributed by atoms with Crippen molar-refractivity contribution in [3.8, 4) is 0 Å². The van der Waals surface area contributed by atoms with Gasteiger partial charge in [-0.25, -0.2) is 0 Å². The summed E-state index contributed by atoms with van der Waals surface area (Å²) in [6.45, 7) is 3.72. The van der Waals surface area contributed by atoms with Crippen LogP contribution in [-0.4, -0.2) is 53.7 Å². The van der Waals surface area contributed by atoms with Crippen molar-refractivity contribution in [1.29, 1.82) is 0 Å². The minimum absolute atomic E-state index is 0.0996. The second kappa shape index (κ2) is 6.33. The van der Waals surface area contributed by atoms with Crippen molar-refractivity contribution < 1.29 is 23.2 Å². The monoisotopic (exact) mass is 290 g/mol. The van der Waals surface area contributed by atoms with E-state index in [1.54, 1.807) is 6.92 Å². The van der Waals surface area contributed by atoms with Gasteiger partial charge in [-0.3, -0.25) is 9.00 Å². The zero-order chi connectivity index (χ0) is 13.9. The molecule has 0 aromatic rings. The van der Waals surface area contributed by atoms with Crippen LogP contribution in [0.1, 0.15) is 26.2 Å². The van der Waals surface area contributed by atoms with Gasteiger partial charge in [0, 0.05) is 41.4 Å². The Kier molecular flexibility index (Phi) is 4.97. The van der Waals surface area contributed by atoms with Crippen LogP contribution in [0.15, 0.2) is 0 Å². The molecule has 4 unspecified atom stereocenters. The van der Waals surface area contributed by atoms with Crippen LogP contribution < -0.4 is 0 Å². The lowest BCUT2D eigenvalue weighted by atomic mass is 9.93. The number of rotatable bonds is 4. The highest BCUT2D eigenvalue weighted by atomic mass is 32.2. The smallest absolute Gasteiger partial charge is 0.309 e. The number of hydrogen-bond donors (Lipinski definition) is 0. The highest BCUT2D eigenvalue weighted by Gasteiger charge is 2.42. The molecule has 110 valence electrons. The van der Waals surface area contributed by atoms with Gasteiger partial charge in [-0.2, -0.15) is 0 Å². The number of methoxy groups -OCH3 is 1. The minimum atomic E-state index is -1.02. The van der Waals surface area contributed by atoms with Crippen molar-refractivity contribution in [1.82, 2.24) is 0 Å². The summed E-state index contributed by atoms with van der Waals surface area (Å²) in [5.74, 6) is -0.238. The van der Waals surface area contributed by atoms with Crippen molar-refractivity contribution in [3.63, 3.8) is 0 Å². The van der Waals surface area contributed by atoms with Gasteiger partial charge in [0.05, 0.1) is 25.2 Å². The first-order valence-corrected chi connectivity index (χ1v) is 8.11. The van der Waals surface area contributed by atoms with Crippen LogP contribution in [-0.2, 0) is 29.8 Å². The van der Waals surface area contributed by atoms with Gasteiger partial charge >= 0.3 is 5.97 Å². The molecule has 0 saturated carbocycles. The van der Waals surface area contributed by atoms with Gasteiger partial charge in [-0.1, -0.05) is 6.92 Å². The maximum absolute atomic E-state index is 12.4. The van der Waals surface area contributed by atoms with Crippen molar-refractivity contribution in [2.45, 2.75) is 37.0 Å². The zero-order valence-electron chi connectivity index (χ0n) is 11.6. The quantitative estimate of drug-likeness (QED) is 0.719. The number of hydrogen-bond acceptors (Lipinski definition) is 5. The molecule has 2 aliphatic heterocycles. The van der Waals surface area contributed by atoms with Gasteiger partial charge in [0.25, 0.3) is 0 Å². The van der Waals surface area contributed by atoms with Crippen molar-refractivity contribution in [2.24, 2.45) is 5.92 Å². The number of carbonyl (C=O) groups excluding carboxylic acids is 1. The summed E-state index contributed by atoms with van der Waals surface area (Å²) in [5, 5.41) is 0.0996. The predicted octanol–water partition coefficient (Wildman–Crippen LogP) is 0.882. The lowest BCUT2D eigenvalue weighted by molar-refractivity contribution is -0.144. The van der Waals surface area contributed by atoms with E-state index in [9.17, 15) is 9.00 Å². The molecule has 0 amide bonds. The standard InChI is InChI=1S/C13H22O5S/c1-10(12(14)16-2)8-19(15)11-3-5-18-13(7-11)4-6-17-9-13/h10-11H,3-9H2,1-2H3. The molecule has 5 nitrogen and oxygen atoms in total. The first kappa shape index (κ1) is 14.9. The zero-order valence-corrected chi connectivity index (χ0v) is 12.4. The van der Waals surface area contributed by atoms with Gasteiger partial charge in [0.2, 0.25) is 0 Å². The average molecular weight is 290 g/mol. The summed E-state index contributed by atoms with van der Waals surface area (Å²) in [6, 6.07) is 0. The second-order valence-electron chi connectivity index (χ2n) is 5.42. The molecular formula is C13H22O5S. The molecule has 0 aromatic heterocycles. The van der Waals surface area contributed by atoms with Crippen LogP contribution in [0.2, 0.25) is 0 Å². The summed E-state index contributed by atoms with van der Waals surface area (Å²) in [4.78, 5) is 11.4. The SMILES string of the molecule is COC(=O)C(C)CS(=O)C1CCOC2(CCOC2)C1. The van der Waals surface area contributed by atoms with E-state index in [0.29, 0.717) is 19.0 Å². The van der Waals surface area contributed by atoms with Crippen LogP contribution in [0.25, 0.3) is 0 Å². The van der Waals surface area contributed by atoms with E-state index in [0.717, 1.165) is 25.9 Å². The second-order valence-corrected chi connectivity index (χ2v) is 7.18. The number of esters is 1. The molecule has 0 radical (unpaired) electrons. The Morgan fingerprint density at radius 3 is 2.95 bits per heavy atom. The molecule has 0 aliphatic carbocycles. The summed E-state index contributed by atoms with van der Waals surface area (Å²) >= 11 is 0. The minimum Gasteiger partial charge on any atom is -0.469 e. The number of ether oxygens (including phenoxy) is 3. The van der Waals surface area contributed by atoms with Crippen molar-refractivity contribution >= 4 is 16.8 Å². The molecule has 2 heterocycles. The fourth-order valence-corrected chi connectivity index (χ4v) is 4.47. The molecule has 2 fully saturated rings. The van der Waals surface area contributed by atoms with Crippen LogP contribution in [0.4, 0.5) is 0 Å². The Morgan fingerprint density at radius 1 is 1.53 bits per heavy atom. The maximum Gasteiger partial charge on any atom is 0.309 e. The maximum atomic E-state index is 12.4. The Balaban J connectivity index is 1.90. The third-order valence-electron chi connectivity index (χ3n) is 3.90.